The molecule has 1 heterocycles. The molecule has 7 heteroatoms. The van der Waals surface area contributed by atoms with Gasteiger partial charge in [-0.25, -0.2) is 4.79 Å². The predicted octanol–water partition coefficient (Wildman–Crippen LogP) is 1.72. The summed E-state index contributed by atoms with van der Waals surface area (Å²) in [6, 6.07) is 9.87. The molecule has 0 amide bonds. The summed E-state index contributed by atoms with van der Waals surface area (Å²) in [5.74, 6) is -0.907. The Hall–Kier alpha value is -1.93. The molecule has 1 aliphatic rings. The van der Waals surface area contributed by atoms with Crippen molar-refractivity contribution in [3.8, 4) is 0 Å². The van der Waals surface area contributed by atoms with Crippen LogP contribution in [0.25, 0.3) is 10.1 Å². The van der Waals surface area contributed by atoms with Crippen molar-refractivity contribution in [3.63, 3.8) is 0 Å². The van der Waals surface area contributed by atoms with Gasteiger partial charge >= 0.3 is 5.97 Å². The van der Waals surface area contributed by atoms with Gasteiger partial charge in [-0.05, 0) is 30.5 Å². The van der Waals surface area contributed by atoms with Gasteiger partial charge in [0.2, 0.25) is 0 Å². The van der Waals surface area contributed by atoms with Crippen LogP contribution in [0.15, 0.2) is 42.2 Å². The highest BCUT2D eigenvalue weighted by Crippen LogP contribution is 2.31. The minimum Gasteiger partial charge on any atom is -0.490 e. The maximum Gasteiger partial charge on any atom is 0.342 e. The molecule has 6 nitrogen and oxygen atoms in total. The summed E-state index contributed by atoms with van der Waals surface area (Å²) in [7, 11) is 0. The second-order valence-corrected chi connectivity index (χ2v) is 7.12. The van der Waals surface area contributed by atoms with Crippen LogP contribution in [0.4, 0.5) is 0 Å². The normalized spacial score (nSPS) is 26.3. The van der Waals surface area contributed by atoms with Crippen molar-refractivity contribution in [2.75, 3.05) is 6.61 Å². The molecule has 3 N–H and O–H groups in total. The lowest BCUT2D eigenvalue weighted by Crippen LogP contribution is -2.49. The lowest BCUT2D eigenvalue weighted by atomic mass is 9.86. The van der Waals surface area contributed by atoms with Gasteiger partial charge in [-0.3, -0.25) is 0 Å². The van der Waals surface area contributed by atoms with Crippen LogP contribution in [0.2, 0.25) is 0 Å². The van der Waals surface area contributed by atoms with E-state index in [0.717, 1.165) is 21.0 Å². The van der Waals surface area contributed by atoms with E-state index in [-0.39, 0.29) is 25.4 Å². The summed E-state index contributed by atoms with van der Waals surface area (Å²) in [6.07, 6.45) is -1.83. The van der Waals surface area contributed by atoms with Gasteiger partial charge in [-0.15, -0.1) is 11.3 Å². The molecule has 1 aromatic carbocycles. The number of carbonyl (C=O) groups is 1. The number of fused-ring (bicyclic) bond motifs is 1. The number of hydrogen-bond acceptors (Lipinski definition) is 7. The standard InChI is InChI=1S/C18H20O6S/c1-2-23-17(21)18(22)8-13(19)16(20)14(9-18)24-10-12-7-11-5-3-4-6-15(11)25-12/h3-7,9,13,16,19-20,22H,2,8,10H2,1H3/t13-,16+,18-/m1/s1. The molecule has 3 rings (SSSR count). The molecule has 2 aromatic rings. The number of aliphatic hydroxyl groups excluding tert-OH is 2. The smallest absolute Gasteiger partial charge is 0.342 e. The van der Waals surface area contributed by atoms with Crippen molar-refractivity contribution in [2.24, 2.45) is 0 Å². The number of rotatable bonds is 5. The maximum atomic E-state index is 11.9. The fourth-order valence-corrected chi connectivity index (χ4v) is 3.77. The van der Waals surface area contributed by atoms with Crippen LogP contribution in [0.5, 0.6) is 0 Å². The lowest BCUT2D eigenvalue weighted by Gasteiger charge is -2.33. The average molecular weight is 364 g/mol. The van der Waals surface area contributed by atoms with E-state index in [1.807, 2.05) is 30.3 Å². The molecule has 0 unspecified atom stereocenters. The van der Waals surface area contributed by atoms with Crippen LogP contribution >= 0.6 is 11.3 Å². The molecule has 134 valence electrons. The van der Waals surface area contributed by atoms with Crippen molar-refractivity contribution in [1.82, 2.24) is 0 Å². The van der Waals surface area contributed by atoms with Crippen molar-refractivity contribution < 1.29 is 29.6 Å². The first-order valence-corrected chi connectivity index (χ1v) is 8.83. The number of thiophene rings is 1. The third-order valence-electron chi connectivity index (χ3n) is 4.04. The summed E-state index contributed by atoms with van der Waals surface area (Å²) in [5, 5.41) is 31.6. The number of ether oxygens (including phenoxy) is 2. The van der Waals surface area contributed by atoms with Crippen molar-refractivity contribution in [3.05, 3.63) is 47.0 Å². The number of esters is 1. The van der Waals surface area contributed by atoms with Crippen LogP contribution in [-0.2, 0) is 20.9 Å². The highest BCUT2D eigenvalue weighted by atomic mass is 32.1. The molecule has 25 heavy (non-hydrogen) atoms. The maximum absolute atomic E-state index is 11.9. The highest BCUT2D eigenvalue weighted by Gasteiger charge is 2.45. The summed E-state index contributed by atoms with van der Waals surface area (Å²) in [4.78, 5) is 12.9. The molecule has 0 spiro atoms. The van der Waals surface area contributed by atoms with Crippen LogP contribution in [0, 0.1) is 0 Å². The Bertz CT molecular complexity index is 765. The van der Waals surface area contributed by atoms with E-state index in [1.165, 1.54) is 0 Å². The SMILES string of the molecule is CCOC(=O)[C@]1(O)C=C(OCc2cc3ccccc3s2)[C@@H](O)[C@H](O)C1. The molecular formula is C18H20O6S. The number of aliphatic hydroxyl groups is 3. The fourth-order valence-electron chi connectivity index (χ4n) is 2.79. The van der Waals surface area contributed by atoms with Gasteiger partial charge in [0.25, 0.3) is 0 Å². The van der Waals surface area contributed by atoms with Gasteiger partial charge in [-0.1, -0.05) is 18.2 Å². The number of benzene rings is 1. The molecular weight excluding hydrogens is 344 g/mol. The first-order chi connectivity index (χ1) is 11.9. The van der Waals surface area contributed by atoms with E-state index in [1.54, 1.807) is 18.3 Å². The first kappa shape index (κ1) is 17.9. The van der Waals surface area contributed by atoms with Gasteiger partial charge in [0, 0.05) is 16.0 Å². The largest absolute Gasteiger partial charge is 0.490 e. The van der Waals surface area contributed by atoms with Crippen LogP contribution in [0.3, 0.4) is 0 Å². The van der Waals surface area contributed by atoms with Crippen molar-refractivity contribution in [1.29, 1.82) is 0 Å². The third-order valence-corrected chi connectivity index (χ3v) is 5.13. The molecule has 1 aliphatic carbocycles. The van der Waals surface area contributed by atoms with Crippen molar-refractivity contribution in [2.45, 2.75) is 37.8 Å². The zero-order chi connectivity index (χ0) is 18.0. The Morgan fingerprint density at radius 1 is 1.36 bits per heavy atom. The second kappa shape index (κ2) is 7.13. The average Bonchev–Trinajstić information content (AvgIpc) is 3.00. The zero-order valence-corrected chi connectivity index (χ0v) is 14.5. The van der Waals surface area contributed by atoms with Gasteiger partial charge < -0.3 is 24.8 Å². The van der Waals surface area contributed by atoms with Crippen LogP contribution in [0.1, 0.15) is 18.2 Å². The van der Waals surface area contributed by atoms with E-state index >= 15 is 0 Å². The second-order valence-electron chi connectivity index (χ2n) is 5.95. The summed E-state index contributed by atoms with van der Waals surface area (Å²) in [6.45, 7) is 1.89. The molecule has 0 radical (unpaired) electrons. The minimum absolute atomic E-state index is 0.0354. The zero-order valence-electron chi connectivity index (χ0n) is 13.7. The van der Waals surface area contributed by atoms with Crippen LogP contribution in [-0.4, -0.2) is 45.7 Å². The number of hydrogen-bond donors (Lipinski definition) is 3. The Morgan fingerprint density at radius 2 is 2.12 bits per heavy atom. The quantitative estimate of drug-likeness (QED) is 0.699. The lowest BCUT2D eigenvalue weighted by molar-refractivity contribution is -0.166. The molecule has 3 atom stereocenters. The fraction of sp³-hybridized carbons (Fsp3) is 0.389. The minimum atomic E-state index is -2.01. The van der Waals surface area contributed by atoms with Crippen molar-refractivity contribution >= 4 is 27.4 Å². The third kappa shape index (κ3) is 3.69. The molecule has 0 fully saturated rings. The Morgan fingerprint density at radius 3 is 2.84 bits per heavy atom. The molecule has 0 aliphatic heterocycles. The summed E-state index contributed by atoms with van der Waals surface area (Å²) >= 11 is 1.55. The summed E-state index contributed by atoms with van der Waals surface area (Å²) < 4.78 is 11.6. The molecule has 0 saturated heterocycles. The Labute approximate surface area is 148 Å². The Kier molecular flexibility index (Phi) is 5.10. The van der Waals surface area contributed by atoms with E-state index < -0.39 is 23.8 Å². The topological polar surface area (TPSA) is 96.2 Å². The van der Waals surface area contributed by atoms with E-state index in [2.05, 4.69) is 0 Å². The van der Waals surface area contributed by atoms with Crippen LogP contribution < -0.4 is 0 Å². The monoisotopic (exact) mass is 364 g/mol. The summed E-state index contributed by atoms with van der Waals surface area (Å²) in [5.41, 5.74) is -2.01. The van der Waals surface area contributed by atoms with E-state index in [9.17, 15) is 20.1 Å². The highest BCUT2D eigenvalue weighted by molar-refractivity contribution is 7.19. The molecule has 1 aromatic heterocycles. The van der Waals surface area contributed by atoms with Gasteiger partial charge in [-0.2, -0.15) is 0 Å². The predicted molar refractivity (Wildman–Crippen MR) is 92.9 cm³/mol. The van der Waals surface area contributed by atoms with Gasteiger partial charge in [0.05, 0.1) is 12.7 Å². The first-order valence-electron chi connectivity index (χ1n) is 8.01. The molecule has 0 saturated carbocycles. The van der Waals surface area contributed by atoms with E-state index in [0.29, 0.717) is 0 Å². The number of carbonyl (C=O) groups excluding carboxylic acids is 1. The molecule has 0 bridgehead atoms. The Balaban J connectivity index is 1.78. The van der Waals surface area contributed by atoms with Gasteiger partial charge in [0.15, 0.2) is 5.60 Å². The van der Waals surface area contributed by atoms with Gasteiger partial charge in [0.1, 0.15) is 18.5 Å². The van der Waals surface area contributed by atoms with E-state index in [4.69, 9.17) is 9.47 Å².